The second-order valence-electron chi connectivity index (χ2n) is 5.07. The summed E-state index contributed by atoms with van der Waals surface area (Å²) in [5.74, 6) is -0.219. The fraction of sp³-hybridized carbons (Fsp3) is 0.533. The van der Waals surface area contributed by atoms with Crippen LogP contribution in [0.3, 0.4) is 0 Å². The Kier molecular flexibility index (Phi) is 6.68. The van der Waals surface area contributed by atoms with E-state index in [0.29, 0.717) is 18.3 Å². The number of ether oxygens (including phenoxy) is 2. The van der Waals surface area contributed by atoms with E-state index in [0.717, 1.165) is 6.42 Å². The molecule has 0 aliphatic carbocycles. The number of hydrogen-bond donors (Lipinski definition) is 0. The zero-order valence-electron chi connectivity index (χ0n) is 12.7. The minimum Gasteiger partial charge on any atom is -0.494 e. The van der Waals surface area contributed by atoms with Crippen molar-refractivity contribution in [3.63, 3.8) is 0 Å². The molecule has 0 radical (unpaired) electrons. The molecule has 1 aromatic carbocycles. The van der Waals surface area contributed by atoms with Crippen LogP contribution in [0, 0.1) is 5.92 Å². The molecule has 0 atom stereocenters. The number of benzene rings is 1. The predicted molar refractivity (Wildman–Crippen MR) is 80.1 cm³/mol. The van der Waals surface area contributed by atoms with Gasteiger partial charge in [0.1, 0.15) is 5.75 Å². The molecule has 118 valence electrons. The van der Waals surface area contributed by atoms with E-state index in [1.807, 2.05) is 0 Å². The van der Waals surface area contributed by atoms with E-state index >= 15 is 0 Å². The maximum absolute atomic E-state index is 12.0. The monoisotopic (exact) mass is 314 g/mol. The van der Waals surface area contributed by atoms with Gasteiger partial charge in [0, 0.05) is 0 Å². The Balaban J connectivity index is 2.66. The number of carbonyl (C=O) groups is 1. The van der Waals surface area contributed by atoms with Crippen molar-refractivity contribution in [3.05, 3.63) is 24.3 Å². The highest BCUT2D eigenvalue weighted by Gasteiger charge is 2.20. The molecule has 6 heteroatoms. The van der Waals surface area contributed by atoms with E-state index in [4.69, 9.17) is 4.74 Å². The molecular formula is C15H22O5S. The van der Waals surface area contributed by atoms with Gasteiger partial charge in [0.25, 0.3) is 0 Å². The molecule has 0 saturated heterocycles. The zero-order chi connectivity index (χ0) is 15.9. The lowest BCUT2D eigenvalue weighted by Crippen LogP contribution is -2.18. The summed E-state index contributed by atoms with van der Waals surface area (Å²) >= 11 is 0. The van der Waals surface area contributed by atoms with Gasteiger partial charge in [-0.05, 0) is 43.5 Å². The first-order chi connectivity index (χ1) is 9.85. The summed E-state index contributed by atoms with van der Waals surface area (Å²) in [5, 5.41) is 0. The van der Waals surface area contributed by atoms with Crippen LogP contribution in [0.1, 0.15) is 27.2 Å². The van der Waals surface area contributed by atoms with Crippen molar-refractivity contribution in [2.75, 3.05) is 19.0 Å². The van der Waals surface area contributed by atoms with Crippen molar-refractivity contribution in [2.45, 2.75) is 32.1 Å². The Morgan fingerprint density at radius 3 is 2.33 bits per heavy atom. The smallest absolute Gasteiger partial charge is 0.321 e. The third kappa shape index (κ3) is 6.16. The summed E-state index contributed by atoms with van der Waals surface area (Å²) in [6.45, 7) is 6.60. The van der Waals surface area contributed by atoms with Gasteiger partial charge in [-0.15, -0.1) is 0 Å². The molecule has 0 fully saturated rings. The van der Waals surface area contributed by atoms with Crippen LogP contribution in [-0.4, -0.2) is 33.4 Å². The summed E-state index contributed by atoms with van der Waals surface area (Å²) in [4.78, 5) is 11.4. The summed E-state index contributed by atoms with van der Waals surface area (Å²) in [5.41, 5.74) is 0. The second kappa shape index (κ2) is 8.02. The number of rotatable bonds is 8. The fourth-order valence-corrected chi connectivity index (χ4v) is 2.71. The Hall–Kier alpha value is -1.56. The molecule has 21 heavy (non-hydrogen) atoms. The van der Waals surface area contributed by atoms with Gasteiger partial charge >= 0.3 is 5.97 Å². The van der Waals surface area contributed by atoms with Crippen molar-refractivity contribution in [3.8, 4) is 5.75 Å². The molecule has 0 heterocycles. The Morgan fingerprint density at radius 1 is 1.19 bits per heavy atom. The third-order valence-corrected chi connectivity index (χ3v) is 4.37. The standard InChI is InChI=1S/C15H22O5S/c1-4-19-15(16)11-21(17,18)14-7-5-13(6-8-14)20-10-9-12(2)3/h5-8,12H,4,9-11H2,1-3H3. The van der Waals surface area contributed by atoms with Gasteiger partial charge in [-0.1, -0.05) is 13.8 Å². The molecular weight excluding hydrogens is 292 g/mol. The van der Waals surface area contributed by atoms with Crippen molar-refractivity contribution in [1.29, 1.82) is 0 Å². The maximum atomic E-state index is 12.0. The topological polar surface area (TPSA) is 69.7 Å². The Bertz CT molecular complexity index is 546. The van der Waals surface area contributed by atoms with E-state index < -0.39 is 21.6 Å². The number of carbonyl (C=O) groups excluding carboxylic acids is 1. The van der Waals surface area contributed by atoms with Crippen molar-refractivity contribution >= 4 is 15.8 Å². The highest BCUT2D eigenvalue weighted by Crippen LogP contribution is 2.18. The Morgan fingerprint density at radius 2 is 1.81 bits per heavy atom. The van der Waals surface area contributed by atoms with E-state index in [9.17, 15) is 13.2 Å². The number of hydrogen-bond acceptors (Lipinski definition) is 5. The maximum Gasteiger partial charge on any atom is 0.321 e. The first-order valence-corrected chi connectivity index (χ1v) is 8.61. The molecule has 0 spiro atoms. The summed E-state index contributed by atoms with van der Waals surface area (Å²) in [6, 6.07) is 6.08. The normalized spacial score (nSPS) is 11.4. The van der Waals surface area contributed by atoms with Crippen molar-refractivity contribution < 1.29 is 22.7 Å². The van der Waals surface area contributed by atoms with Gasteiger partial charge in [0.05, 0.1) is 18.1 Å². The van der Waals surface area contributed by atoms with E-state index in [-0.39, 0.29) is 11.5 Å². The highest BCUT2D eigenvalue weighted by atomic mass is 32.2. The Labute approximate surface area is 126 Å². The van der Waals surface area contributed by atoms with E-state index in [1.54, 1.807) is 19.1 Å². The average molecular weight is 314 g/mol. The molecule has 0 saturated carbocycles. The highest BCUT2D eigenvalue weighted by molar-refractivity contribution is 7.92. The van der Waals surface area contributed by atoms with Crippen LogP contribution in [0.15, 0.2) is 29.2 Å². The largest absolute Gasteiger partial charge is 0.494 e. The van der Waals surface area contributed by atoms with E-state index in [1.165, 1.54) is 12.1 Å². The van der Waals surface area contributed by atoms with Gasteiger partial charge in [0.2, 0.25) is 0 Å². The summed E-state index contributed by atoms with van der Waals surface area (Å²) < 4.78 is 34.2. The lowest BCUT2D eigenvalue weighted by atomic mass is 10.1. The number of esters is 1. The minimum absolute atomic E-state index is 0.0896. The predicted octanol–water partition coefficient (Wildman–Crippen LogP) is 2.45. The lowest BCUT2D eigenvalue weighted by Gasteiger charge is -2.09. The van der Waals surface area contributed by atoms with Crippen LogP contribution >= 0.6 is 0 Å². The van der Waals surface area contributed by atoms with Gasteiger partial charge in [0.15, 0.2) is 15.6 Å². The van der Waals surface area contributed by atoms with Crippen LogP contribution in [0.4, 0.5) is 0 Å². The lowest BCUT2D eigenvalue weighted by molar-refractivity contribution is -0.139. The molecule has 0 amide bonds. The van der Waals surface area contributed by atoms with Gasteiger partial charge in [-0.25, -0.2) is 8.42 Å². The first-order valence-electron chi connectivity index (χ1n) is 6.96. The first kappa shape index (κ1) is 17.5. The molecule has 5 nitrogen and oxygen atoms in total. The number of sulfone groups is 1. The molecule has 0 N–H and O–H groups in total. The van der Waals surface area contributed by atoms with Crippen LogP contribution in [0.25, 0.3) is 0 Å². The van der Waals surface area contributed by atoms with Crippen molar-refractivity contribution in [2.24, 2.45) is 5.92 Å². The van der Waals surface area contributed by atoms with Crippen LogP contribution in [0.5, 0.6) is 5.75 Å². The molecule has 0 unspecified atom stereocenters. The van der Waals surface area contributed by atoms with Crippen LogP contribution in [0.2, 0.25) is 0 Å². The van der Waals surface area contributed by atoms with Gasteiger partial charge in [-0.2, -0.15) is 0 Å². The van der Waals surface area contributed by atoms with Crippen LogP contribution < -0.4 is 4.74 Å². The van der Waals surface area contributed by atoms with Crippen molar-refractivity contribution in [1.82, 2.24) is 0 Å². The van der Waals surface area contributed by atoms with E-state index in [2.05, 4.69) is 18.6 Å². The van der Waals surface area contributed by atoms with Gasteiger partial charge < -0.3 is 9.47 Å². The summed E-state index contributed by atoms with van der Waals surface area (Å²) in [7, 11) is -3.66. The SMILES string of the molecule is CCOC(=O)CS(=O)(=O)c1ccc(OCCC(C)C)cc1. The fourth-order valence-electron chi connectivity index (χ4n) is 1.60. The van der Waals surface area contributed by atoms with Gasteiger partial charge in [-0.3, -0.25) is 4.79 Å². The molecule has 1 rings (SSSR count). The zero-order valence-corrected chi connectivity index (χ0v) is 13.5. The molecule has 1 aromatic rings. The molecule has 0 aliphatic rings. The molecule has 0 aliphatic heterocycles. The average Bonchev–Trinajstić information content (AvgIpc) is 2.38. The third-order valence-electron chi connectivity index (χ3n) is 2.76. The quantitative estimate of drug-likeness (QED) is 0.689. The molecule has 0 bridgehead atoms. The minimum atomic E-state index is -3.66. The second-order valence-corrected chi connectivity index (χ2v) is 7.06. The summed E-state index contributed by atoms with van der Waals surface area (Å²) in [6.07, 6.45) is 0.933. The van der Waals surface area contributed by atoms with Crippen LogP contribution in [-0.2, 0) is 19.4 Å². The molecule has 0 aromatic heterocycles.